The number of rotatable bonds is 7. The molecular formula is C17H19ClN2O4S. The number of ether oxygens (including phenoxy) is 1. The molecule has 0 aromatic heterocycles. The number of nitrogens with one attached hydrogen (secondary N) is 2. The van der Waals surface area contributed by atoms with Crippen LogP contribution in [0.1, 0.15) is 12.5 Å². The van der Waals surface area contributed by atoms with Crippen molar-refractivity contribution in [2.75, 3.05) is 7.11 Å². The monoisotopic (exact) mass is 382 g/mol. The van der Waals surface area contributed by atoms with Crippen LogP contribution in [0.25, 0.3) is 0 Å². The van der Waals surface area contributed by atoms with Crippen LogP contribution in [0.4, 0.5) is 0 Å². The SMILES string of the molecule is COc1ccc(CNC(=O)[C@@H](C)NS(=O)(=O)c2ccc(Cl)cc2)cc1. The van der Waals surface area contributed by atoms with E-state index in [0.717, 1.165) is 11.3 Å². The molecule has 0 spiro atoms. The van der Waals surface area contributed by atoms with Gasteiger partial charge in [-0.1, -0.05) is 23.7 Å². The lowest BCUT2D eigenvalue weighted by atomic mass is 10.2. The van der Waals surface area contributed by atoms with Crippen LogP contribution in [-0.2, 0) is 21.4 Å². The molecule has 0 radical (unpaired) electrons. The Morgan fingerprint density at radius 3 is 2.28 bits per heavy atom. The fraction of sp³-hybridized carbons (Fsp3) is 0.235. The predicted octanol–water partition coefficient (Wildman–Crippen LogP) is 2.33. The fourth-order valence-corrected chi connectivity index (χ4v) is 3.38. The number of carbonyl (C=O) groups is 1. The van der Waals surface area contributed by atoms with Crippen LogP contribution in [-0.4, -0.2) is 27.5 Å². The fourth-order valence-electron chi connectivity index (χ4n) is 2.05. The molecule has 1 amide bonds. The summed E-state index contributed by atoms with van der Waals surface area (Å²) in [5, 5.41) is 3.13. The van der Waals surface area contributed by atoms with Gasteiger partial charge in [0.25, 0.3) is 0 Å². The molecule has 0 bridgehead atoms. The van der Waals surface area contributed by atoms with Crippen molar-refractivity contribution in [3.05, 3.63) is 59.1 Å². The first-order valence-electron chi connectivity index (χ1n) is 7.50. The van der Waals surface area contributed by atoms with Crippen molar-refractivity contribution in [3.63, 3.8) is 0 Å². The molecule has 2 N–H and O–H groups in total. The summed E-state index contributed by atoms with van der Waals surface area (Å²) in [6, 6.07) is 12.0. The standard InChI is InChI=1S/C17H19ClN2O4S/c1-12(20-25(22,23)16-9-5-14(18)6-10-16)17(21)19-11-13-3-7-15(24-2)8-4-13/h3-10,12,20H,11H2,1-2H3,(H,19,21)/t12-/m1/s1. The van der Waals surface area contributed by atoms with Gasteiger partial charge in [-0.3, -0.25) is 4.79 Å². The van der Waals surface area contributed by atoms with E-state index in [0.29, 0.717) is 5.02 Å². The molecule has 2 rings (SSSR count). The van der Waals surface area contributed by atoms with Crippen LogP contribution >= 0.6 is 11.6 Å². The van der Waals surface area contributed by atoms with Crippen molar-refractivity contribution in [2.45, 2.75) is 24.4 Å². The smallest absolute Gasteiger partial charge is 0.241 e. The van der Waals surface area contributed by atoms with E-state index in [1.54, 1.807) is 19.2 Å². The van der Waals surface area contributed by atoms with Gasteiger partial charge in [-0.2, -0.15) is 4.72 Å². The highest BCUT2D eigenvalue weighted by Crippen LogP contribution is 2.14. The quantitative estimate of drug-likeness (QED) is 0.769. The van der Waals surface area contributed by atoms with Gasteiger partial charge in [0.2, 0.25) is 15.9 Å². The van der Waals surface area contributed by atoms with E-state index in [1.807, 2.05) is 12.1 Å². The molecule has 0 saturated carbocycles. The summed E-state index contributed by atoms with van der Waals surface area (Å²) in [6.07, 6.45) is 0. The van der Waals surface area contributed by atoms with E-state index in [4.69, 9.17) is 16.3 Å². The van der Waals surface area contributed by atoms with Crippen molar-refractivity contribution < 1.29 is 17.9 Å². The predicted molar refractivity (Wildman–Crippen MR) is 96.1 cm³/mol. The first-order chi connectivity index (χ1) is 11.8. The van der Waals surface area contributed by atoms with Crippen LogP contribution in [0.5, 0.6) is 5.75 Å². The highest BCUT2D eigenvalue weighted by atomic mass is 35.5. The third kappa shape index (κ3) is 5.45. The van der Waals surface area contributed by atoms with Gasteiger partial charge in [0.15, 0.2) is 0 Å². The zero-order chi connectivity index (χ0) is 18.4. The molecule has 1 atom stereocenters. The molecule has 0 fully saturated rings. The minimum absolute atomic E-state index is 0.0479. The molecule has 2 aromatic rings. The molecule has 0 aliphatic carbocycles. The van der Waals surface area contributed by atoms with Crippen molar-refractivity contribution in [2.24, 2.45) is 0 Å². The number of amides is 1. The van der Waals surface area contributed by atoms with E-state index >= 15 is 0 Å². The number of hydrogen-bond donors (Lipinski definition) is 2. The van der Waals surface area contributed by atoms with Gasteiger partial charge >= 0.3 is 0 Å². The largest absolute Gasteiger partial charge is 0.497 e. The summed E-state index contributed by atoms with van der Waals surface area (Å²) < 4.78 is 31.9. The molecule has 0 saturated heterocycles. The Hall–Kier alpha value is -2.09. The maximum absolute atomic E-state index is 12.3. The second kappa shape index (κ2) is 8.33. The van der Waals surface area contributed by atoms with Gasteiger partial charge < -0.3 is 10.1 Å². The second-order valence-corrected chi connectivity index (χ2v) is 7.51. The maximum atomic E-state index is 12.3. The number of halogens is 1. The number of hydrogen-bond acceptors (Lipinski definition) is 4. The molecule has 0 unspecified atom stereocenters. The molecule has 0 aliphatic heterocycles. The number of methoxy groups -OCH3 is 1. The van der Waals surface area contributed by atoms with E-state index in [1.165, 1.54) is 31.2 Å². The summed E-state index contributed by atoms with van der Waals surface area (Å²) in [5.74, 6) is 0.299. The third-order valence-corrected chi connectivity index (χ3v) is 5.28. The normalized spacial score (nSPS) is 12.4. The van der Waals surface area contributed by atoms with Crippen LogP contribution in [0.3, 0.4) is 0 Å². The lowest BCUT2D eigenvalue weighted by Crippen LogP contribution is -2.44. The summed E-state index contributed by atoms with van der Waals surface area (Å²) in [7, 11) is -2.22. The van der Waals surface area contributed by atoms with Crippen molar-refractivity contribution in [1.82, 2.24) is 10.0 Å². The summed E-state index contributed by atoms with van der Waals surface area (Å²) in [5.41, 5.74) is 0.877. The van der Waals surface area contributed by atoms with Gasteiger partial charge in [0.05, 0.1) is 18.0 Å². The van der Waals surface area contributed by atoms with Crippen molar-refractivity contribution in [3.8, 4) is 5.75 Å². The topological polar surface area (TPSA) is 84.5 Å². The van der Waals surface area contributed by atoms with E-state index < -0.39 is 22.0 Å². The van der Waals surface area contributed by atoms with Crippen LogP contribution in [0, 0.1) is 0 Å². The first kappa shape index (κ1) is 19.2. The molecule has 6 nitrogen and oxygen atoms in total. The van der Waals surface area contributed by atoms with Crippen LogP contribution in [0.15, 0.2) is 53.4 Å². The minimum Gasteiger partial charge on any atom is -0.497 e. The Bertz CT molecular complexity index is 821. The molecule has 0 aliphatic rings. The van der Waals surface area contributed by atoms with Crippen LogP contribution in [0.2, 0.25) is 5.02 Å². The van der Waals surface area contributed by atoms with Gasteiger partial charge in [0, 0.05) is 11.6 Å². The Morgan fingerprint density at radius 1 is 1.12 bits per heavy atom. The number of sulfonamides is 1. The lowest BCUT2D eigenvalue weighted by Gasteiger charge is -2.14. The highest BCUT2D eigenvalue weighted by molar-refractivity contribution is 7.89. The van der Waals surface area contributed by atoms with Gasteiger partial charge in [0.1, 0.15) is 5.75 Å². The lowest BCUT2D eigenvalue weighted by molar-refractivity contribution is -0.122. The maximum Gasteiger partial charge on any atom is 0.241 e. The van der Waals surface area contributed by atoms with E-state index in [2.05, 4.69) is 10.0 Å². The van der Waals surface area contributed by atoms with Gasteiger partial charge in [-0.25, -0.2) is 8.42 Å². The zero-order valence-electron chi connectivity index (χ0n) is 13.8. The molecule has 0 heterocycles. The molecular weight excluding hydrogens is 364 g/mol. The van der Waals surface area contributed by atoms with Gasteiger partial charge in [-0.05, 0) is 48.9 Å². The zero-order valence-corrected chi connectivity index (χ0v) is 15.4. The summed E-state index contributed by atoms with van der Waals surface area (Å²) in [6.45, 7) is 1.77. The third-order valence-electron chi connectivity index (χ3n) is 3.47. The number of benzene rings is 2. The van der Waals surface area contributed by atoms with Crippen molar-refractivity contribution >= 4 is 27.5 Å². The number of carbonyl (C=O) groups excluding carboxylic acids is 1. The Kier molecular flexibility index (Phi) is 6.41. The summed E-state index contributed by atoms with van der Waals surface area (Å²) in [4.78, 5) is 12.2. The Morgan fingerprint density at radius 2 is 1.72 bits per heavy atom. The van der Waals surface area contributed by atoms with Crippen molar-refractivity contribution in [1.29, 1.82) is 0 Å². The summed E-state index contributed by atoms with van der Waals surface area (Å²) >= 11 is 5.75. The average Bonchev–Trinajstić information content (AvgIpc) is 2.60. The molecule has 2 aromatic carbocycles. The molecule has 8 heteroatoms. The average molecular weight is 383 g/mol. The second-order valence-electron chi connectivity index (χ2n) is 5.36. The Labute approximate surface area is 152 Å². The highest BCUT2D eigenvalue weighted by Gasteiger charge is 2.21. The van der Waals surface area contributed by atoms with E-state index in [9.17, 15) is 13.2 Å². The first-order valence-corrected chi connectivity index (χ1v) is 9.36. The van der Waals surface area contributed by atoms with Crippen LogP contribution < -0.4 is 14.8 Å². The molecule has 134 valence electrons. The Balaban J connectivity index is 1.93. The van der Waals surface area contributed by atoms with Gasteiger partial charge in [-0.15, -0.1) is 0 Å². The molecule has 25 heavy (non-hydrogen) atoms. The minimum atomic E-state index is -3.80. The van der Waals surface area contributed by atoms with E-state index in [-0.39, 0.29) is 11.4 Å².